The molecule has 0 spiro atoms. The van der Waals surface area contributed by atoms with Crippen LogP contribution in [0.4, 0.5) is 5.95 Å². The van der Waals surface area contributed by atoms with Crippen molar-refractivity contribution in [3.05, 3.63) is 22.1 Å². The fourth-order valence-electron chi connectivity index (χ4n) is 3.68. The minimum Gasteiger partial charge on any atom is -0.353 e. The molecule has 1 aliphatic rings. The van der Waals surface area contributed by atoms with Crippen LogP contribution in [-0.2, 0) is 6.42 Å². The first-order valence-electron chi connectivity index (χ1n) is 8.35. The maximum Gasteiger partial charge on any atom is 0.252 e. The normalized spacial score (nSPS) is 20.8. The van der Waals surface area contributed by atoms with Crippen molar-refractivity contribution in [1.82, 2.24) is 15.3 Å². The Morgan fingerprint density at radius 3 is 2.50 bits per heavy atom. The number of aromatic amines is 1. The number of rotatable bonds is 5. The molecule has 2 rings (SSSR count). The molecular formula is C17H30N4O. The van der Waals surface area contributed by atoms with E-state index < -0.39 is 0 Å². The molecule has 0 aliphatic carbocycles. The molecule has 124 valence electrons. The number of aromatic nitrogens is 2. The number of piperidine rings is 1. The Hall–Kier alpha value is -1.36. The number of hydrogen-bond acceptors (Lipinski definition) is 4. The van der Waals surface area contributed by atoms with Crippen LogP contribution in [0.2, 0.25) is 0 Å². The van der Waals surface area contributed by atoms with E-state index in [1.54, 1.807) is 6.07 Å². The van der Waals surface area contributed by atoms with Crippen molar-refractivity contribution in [2.24, 2.45) is 0 Å². The molecule has 2 heterocycles. The van der Waals surface area contributed by atoms with Gasteiger partial charge in [0.2, 0.25) is 5.95 Å². The number of unbranched alkanes of at least 4 members (excludes halogenated alkanes) is 1. The predicted molar refractivity (Wildman–Crippen MR) is 91.4 cm³/mol. The average molecular weight is 306 g/mol. The lowest BCUT2D eigenvalue weighted by Gasteiger charge is -2.46. The van der Waals surface area contributed by atoms with Crippen LogP contribution in [0.3, 0.4) is 0 Å². The monoisotopic (exact) mass is 306 g/mol. The average Bonchev–Trinajstić information content (AvgIpc) is 2.31. The zero-order chi connectivity index (χ0) is 16.4. The molecule has 0 aromatic carbocycles. The third-order valence-electron chi connectivity index (χ3n) is 4.11. The molecule has 1 aliphatic heterocycles. The molecule has 5 heteroatoms. The number of anilines is 1. The number of nitrogens with zero attached hydrogens (tertiary/aromatic N) is 1. The van der Waals surface area contributed by atoms with Crippen LogP contribution in [-0.4, -0.2) is 27.1 Å². The summed E-state index contributed by atoms with van der Waals surface area (Å²) in [5, 5.41) is 7.11. The van der Waals surface area contributed by atoms with Crippen molar-refractivity contribution < 1.29 is 0 Å². The summed E-state index contributed by atoms with van der Waals surface area (Å²) < 4.78 is 0. The van der Waals surface area contributed by atoms with E-state index in [2.05, 4.69) is 55.2 Å². The van der Waals surface area contributed by atoms with Crippen LogP contribution >= 0.6 is 0 Å². The van der Waals surface area contributed by atoms with Gasteiger partial charge in [0.15, 0.2) is 0 Å². The third kappa shape index (κ3) is 4.83. The summed E-state index contributed by atoms with van der Waals surface area (Å²) in [6, 6.07) is 1.91. The van der Waals surface area contributed by atoms with Gasteiger partial charge in [0.05, 0.1) is 0 Å². The lowest BCUT2D eigenvalue weighted by Crippen LogP contribution is -2.60. The quantitative estimate of drug-likeness (QED) is 0.782. The fourth-order valence-corrected chi connectivity index (χ4v) is 3.68. The van der Waals surface area contributed by atoms with E-state index in [0.29, 0.717) is 12.0 Å². The lowest BCUT2D eigenvalue weighted by molar-refractivity contribution is 0.170. The molecule has 1 fully saturated rings. The van der Waals surface area contributed by atoms with Crippen LogP contribution in [0.25, 0.3) is 0 Å². The number of H-pyrrole nitrogens is 1. The van der Waals surface area contributed by atoms with Gasteiger partial charge in [-0.15, -0.1) is 0 Å². The number of aryl methyl sites for hydroxylation is 1. The van der Waals surface area contributed by atoms with E-state index in [-0.39, 0.29) is 16.6 Å². The van der Waals surface area contributed by atoms with Gasteiger partial charge in [-0.1, -0.05) is 13.3 Å². The van der Waals surface area contributed by atoms with Gasteiger partial charge >= 0.3 is 0 Å². The van der Waals surface area contributed by atoms with E-state index in [1.165, 1.54) is 0 Å². The summed E-state index contributed by atoms with van der Waals surface area (Å²) in [6.07, 6.45) is 5.02. The van der Waals surface area contributed by atoms with Crippen molar-refractivity contribution in [3.63, 3.8) is 0 Å². The molecule has 0 radical (unpaired) electrons. The van der Waals surface area contributed by atoms with E-state index in [0.717, 1.165) is 37.8 Å². The molecule has 1 saturated heterocycles. The Balaban J connectivity index is 2.12. The molecule has 0 unspecified atom stereocenters. The molecule has 5 nitrogen and oxygen atoms in total. The van der Waals surface area contributed by atoms with Crippen LogP contribution in [0.5, 0.6) is 0 Å². The molecular weight excluding hydrogens is 276 g/mol. The highest BCUT2D eigenvalue weighted by Gasteiger charge is 2.37. The minimum absolute atomic E-state index is 0.0690. The van der Waals surface area contributed by atoms with E-state index in [1.807, 2.05) is 0 Å². The summed E-state index contributed by atoms with van der Waals surface area (Å²) in [4.78, 5) is 19.2. The molecule has 0 bridgehead atoms. The highest BCUT2D eigenvalue weighted by Crippen LogP contribution is 2.29. The number of nitrogens with one attached hydrogen (secondary N) is 3. The Kier molecular flexibility index (Phi) is 4.95. The molecule has 0 amide bonds. The van der Waals surface area contributed by atoms with Gasteiger partial charge < -0.3 is 10.6 Å². The van der Waals surface area contributed by atoms with Crippen LogP contribution in [0.1, 0.15) is 66.0 Å². The molecule has 3 N–H and O–H groups in total. The van der Waals surface area contributed by atoms with Gasteiger partial charge in [0, 0.05) is 28.9 Å². The largest absolute Gasteiger partial charge is 0.353 e. The maximum atomic E-state index is 11.8. The Labute approximate surface area is 133 Å². The summed E-state index contributed by atoms with van der Waals surface area (Å²) in [7, 11) is 0. The standard InChI is InChI=1S/C17H30N4O/c1-6-7-8-12-9-14(22)20-15(18-12)19-13-10-16(2,3)21-17(4,5)11-13/h9,13,21H,6-8,10-11H2,1-5H3,(H2,18,19,20,22). The van der Waals surface area contributed by atoms with Crippen LogP contribution in [0.15, 0.2) is 10.9 Å². The SMILES string of the molecule is CCCCc1cc(=O)[nH]c(NC2CC(C)(C)NC(C)(C)C2)n1. The maximum absolute atomic E-state index is 11.8. The zero-order valence-electron chi connectivity index (χ0n) is 14.5. The second-order valence-electron chi connectivity index (χ2n) is 7.83. The van der Waals surface area contributed by atoms with Crippen LogP contribution < -0.4 is 16.2 Å². The van der Waals surface area contributed by atoms with Gasteiger partial charge in [-0.3, -0.25) is 9.78 Å². The van der Waals surface area contributed by atoms with Crippen molar-refractivity contribution >= 4 is 5.95 Å². The summed E-state index contributed by atoms with van der Waals surface area (Å²) >= 11 is 0. The van der Waals surface area contributed by atoms with Crippen molar-refractivity contribution in [2.75, 3.05) is 5.32 Å². The zero-order valence-corrected chi connectivity index (χ0v) is 14.5. The summed E-state index contributed by atoms with van der Waals surface area (Å²) in [5.41, 5.74) is 0.940. The first-order valence-corrected chi connectivity index (χ1v) is 8.35. The minimum atomic E-state index is -0.0731. The van der Waals surface area contributed by atoms with Gasteiger partial charge in [0.1, 0.15) is 0 Å². The van der Waals surface area contributed by atoms with Gasteiger partial charge in [-0.2, -0.15) is 0 Å². The summed E-state index contributed by atoms with van der Waals surface area (Å²) in [5.74, 6) is 0.608. The second kappa shape index (κ2) is 6.41. The van der Waals surface area contributed by atoms with E-state index >= 15 is 0 Å². The van der Waals surface area contributed by atoms with Crippen molar-refractivity contribution in [3.8, 4) is 0 Å². The smallest absolute Gasteiger partial charge is 0.252 e. The Morgan fingerprint density at radius 1 is 1.27 bits per heavy atom. The number of hydrogen-bond donors (Lipinski definition) is 3. The van der Waals surface area contributed by atoms with Gasteiger partial charge in [-0.05, 0) is 53.4 Å². The Morgan fingerprint density at radius 2 is 1.91 bits per heavy atom. The van der Waals surface area contributed by atoms with Crippen molar-refractivity contribution in [2.45, 2.75) is 83.8 Å². The fraction of sp³-hybridized carbons (Fsp3) is 0.765. The third-order valence-corrected chi connectivity index (χ3v) is 4.11. The molecule has 0 atom stereocenters. The lowest BCUT2D eigenvalue weighted by atomic mass is 9.80. The Bertz CT molecular complexity index is 546. The first-order chi connectivity index (χ1) is 10.2. The topological polar surface area (TPSA) is 69.8 Å². The molecule has 22 heavy (non-hydrogen) atoms. The van der Waals surface area contributed by atoms with Gasteiger partial charge in [0.25, 0.3) is 5.56 Å². The van der Waals surface area contributed by atoms with E-state index in [9.17, 15) is 4.79 Å². The second-order valence-corrected chi connectivity index (χ2v) is 7.83. The summed E-state index contributed by atoms with van der Waals surface area (Å²) in [6.45, 7) is 11.0. The molecule has 1 aromatic heterocycles. The van der Waals surface area contributed by atoms with Crippen LogP contribution in [0, 0.1) is 0 Å². The first kappa shape index (κ1) is 17.0. The molecule has 1 aromatic rings. The highest BCUT2D eigenvalue weighted by molar-refractivity contribution is 5.28. The highest BCUT2D eigenvalue weighted by atomic mass is 16.1. The molecule has 0 saturated carbocycles. The predicted octanol–water partition coefficient (Wildman–Crippen LogP) is 2.83. The van der Waals surface area contributed by atoms with Gasteiger partial charge in [-0.25, -0.2) is 4.98 Å². The van der Waals surface area contributed by atoms with E-state index in [4.69, 9.17) is 0 Å². The van der Waals surface area contributed by atoms with Crippen molar-refractivity contribution in [1.29, 1.82) is 0 Å².